The van der Waals surface area contributed by atoms with Crippen LogP contribution in [-0.2, 0) is 19.6 Å². The molecule has 1 rings (SSSR count). The van der Waals surface area contributed by atoms with Crippen LogP contribution in [-0.4, -0.2) is 51.6 Å². The zero-order valence-electron chi connectivity index (χ0n) is 13.7. The maximum absolute atomic E-state index is 12.1. The standard InChI is InChI=1S/C14H20BN4O5S/c1-10-4-6-11(7-5-10)25(23,24)19-14(16)17-8-2-3-12(13(21)22)18-15-9-20/h4-7,9,12,18H,2-3,8H2,1H3,(H,21,22)(H3,16,17,19)/t12-/m1/s1. The summed E-state index contributed by atoms with van der Waals surface area (Å²) in [5.74, 6) is -1.38. The van der Waals surface area contributed by atoms with Gasteiger partial charge in [-0.05, 0) is 31.9 Å². The first kappa shape index (κ1) is 20.6. The van der Waals surface area contributed by atoms with Gasteiger partial charge in [0.25, 0.3) is 17.4 Å². The summed E-state index contributed by atoms with van der Waals surface area (Å²) < 4.78 is 26.4. The van der Waals surface area contributed by atoms with Crippen molar-refractivity contribution in [1.82, 2.24) is 9.95 Å². The van der Waals surface area contributed by atoms with Gasteiger partial charge in [-0.25, -0.2) is 13.1 Å². The third-order valence-corrected chi connectivity index (χ3v) is 4.54. The molecule has 0 aliphatic heterocycles. The van der Waals surface area contributed by atoms with Gasteiger partial charge >= 0.3 is 5.97 Å². The average Bonchev–Trinajstić information content (AvgIpc) is 2.53. The van der Waals surface area contributed by atoms with Gasteiger partial charge in [-0.1, -0.05) is 17.7 Å². The van der Waals surface area contributed by atoms with Crippen LogP contribution in [0.5, 0.6) is 0 Å². The van der Waals surface area contributed by atoms with Crippen LogP contribution in [0.4, 0.5) is 0 Å². The molecule has 0 saturated heterocycles. The number of aliphatic carboxylic acids is 1. The topological polar surface area (TPSA) is 151 Å². The van der Waals surface area contributed by atoms with Crippen molar-refractivity contribution in [3.8, 4) is 0 Å². The summed E-state index contributed by atoms with van der Waals surface area (Å²) in [4.78, 5) is 25.1. The molecule has 1 aromatic carbocycles. The van der Waals surface area contributed by atoms with Gasteiger partial charge in [-0.2, -0.15) is 0 Å². The molecule has 0 bridgehead atoms. The van der Waals surface area contributed by atoms with Crippen molar-refractivity contribution in [1.29, 1.82) is 0 Å². The van der Waals surface area contributed by atoms with Crippen LogP contribution in [0.25, 0.3) is 0 Å². The number of carboxylic acid groups (broad SMARTS) is 1. The fourth-order valence-corrected chi connectivity index (χ4v) is 2.83. The summed E-state index contributed by atoms with van der Waals surface area (Å²) >= 11 is 0. The molecule has 11 heteroatoms. The Kier molecular flexibility index (Phi) is 8.09. The van der Waals surface area contributed by atoms with E-state index in [-0.39, 0.29) is 23.8 Å². The highest BCUT2D eigenvalue weighted by molar-refractivity contribution is 7.90. The van der Waals surface area contributed by atoms with E-state index >= 15 is 0 Å². The number of carbonyl (C=O) groups is 2. The molecule has 9 nitrogen and oxygen atoms in total. The Bertz CT molecular complexity index is 721. The second kappa shape index (κ2) is 9.79. The summed E-state index contributed by atoms with van der Waals surface area (Å²) in [7, 11) is -2.81. The number of carbonyl (C=O) groups excluding carboxylic acids is 1. The lowest BCUT2D eigenvalue weighted by Gasteiger charge is -2.11. The SMILES string of the molecule is Cc1ccc(S(=O)(=O)NC(N)=NCCC[C@@H](N[B]C=O)C(=O)O)cc1. The number of rotatable bonds is 10. The molecule has 0 heterocycles. The lowest BCUT2D eigenvalue weighted by molar-refractivity contribution is -0.139. The van der Waals surface area contributed by atoms with Crippen LogP contribution < -0.4 is 15.7 Å². The Hall–Kier alpha value is -2.40. The van der Waals surface area contributed by atoms with Crippen LogP contribution in [0.15, 0.2) is 34.2 Å². The van der Waals surface area contributed by atoms with Crippen molar-refractivity contribution in [3.05, 3.63) is 29.8 Å². The van der Waals surface area contributed by atoms with Crippen LogP contribution >= 0.6 is 0 Å². The van der Waals surface area contributed by atoms with Gasteiger partial charge in [0.2, 0.25) is 5.96 Å². The zero-order valence-corrected chi connectivity index (χ0v) is 14.5. The minimum absolute atomic E-state index is 0.0655. The monoisotopic (exact) mass is 367 g/mol. The number of benzene rings is 1. The van der Waals surface area contributed by atoms with E-state index in [1.807, 2.05) is 6.92 Å². The number of aliphatic imine (C=N–C) groups is 1. The molecular weight excluding hydrogens is 347 g/mol. The van der Waals surface area contributed by atoms with Gasteiger partial charge in [-0.3, -0.25) is 9.79 Å². The number of sulfonamides is 1. The quantitative estimate of drug-likeness (QED) is 0.139. The highest BCUT2D eigenvalue weighted by atomic mass is 32.2. The maximum Gasteiger partial charge on any atom is 0.319 e. The van der Waals surface area contributed by atoms with E-state index in [4.69, 9.17) is 10.8 Å². The maximum atomic E-state index is 12.1. The number of nitrogens with two attached hydrogens (primary N) is 1. The molecule has 5 N–H and O–H groups in total. The van der Waals surface area contributed by atoms with Gasteiger partial charge in [0.15, 0.2) is 0 Å². The number of aryl methyl sites for hydroxylation is 1. The Morgan fingerprint density at radius 2 is 2.04 bits per heavy atom. The van der Waals surface area contributed by atoms with Crippen molar-refractivity contribution in [2.24, 2.45) is 10.7 Å². The summed E-state index contributed by atoms with van der Waals surface area (Å²) in [6, 6.07) is 5.31. The summed E-state index contributed by atoms with van der Waals surface area (Å²) in [5, 5.41) is 11.4. The Morgan fingerprint density at radius 3 is 2.60 bits per heavy atom. The van der Waals surface area contributed by atoms with Crippen molar-refractivity contribution in [2.45, 2.75) is 30.7 Å². The predicted molar refractivity (Wildman–Crippen MR) is 94.3 cm³/mol. The molecule has 1 atom stereocenters. The molecule has 1 radical (unpaired) electrons. The van der Waals surface area contributed by atoms with Crippen LogP contribution in [0.3, 0.4) is 0 Å². The molecular formula is C14H20BN4O5S. The largest absolute Gasteiger partial charge is 0.480 e. The molecule has 0 aliphatic rings. The fourth-order valence-electron chi connectivity index (χ4n) is 1.87. The number of nitrogens with zero attached hydrogens (tertiary/aromatic N) is 1. The number of hydrogen-bond acceptors (Lipinski definition) is 6. The normalized spacial score (nSPS) is 13.1. The summed E-state index contributed by atoms with van der Waals surface area (Å²) in [6.07, 6.45) is 0.983. The van der Waals surface area contributed by atoms with Gasteiger partial charge in [0.1, 0.15) is 0 Å². The van der Waals surface area contributed by atoms with Crippen molar-refractivity contribution >= 4 is 35.6 Å². The Balaban J connectivity index is 2.53. The summed E-state index contributed by atoms with van der Waals surface area (Å²) in [6.45, 7) is 1.97. The van der Waals surface area contributed by atoms with Crippen LogP contribution in [0.1, 0.15) is 18.4 Å². The van der Waals surface area contributed by atoms with Crippen molar-refractivity contribution in [2.75, 3.05) is 6.54 Å². The van der Waals surface area contributed by atoms with Gasteiger partial charge < -0.3 is 20.9 Å². The van der Waals surface area contributed by atoms with E-state index in [0.717, 1.165) is 13.0 Å². The van der Waals surface area contributed by atoms with Crippen molar-refractivity contribution in [3.63, 3.8) is 0 Å². The second-order valence-electron chi connectivity index (χ2n) is 5.19. The third-order valence-electron chi connectivity index (χ3n) is 3.17. The molecule has 0 unspecified atom stereocenters. The third kappa shape index (κ3) is 7.35. The van der Waals surface area contributed by atoms with Gasteiger partial charge in [0, 0.05) is 6.54 Å². The molecule has 135 valence electrons. The molecule has 0 amide bonds. The van der Waals surface area contributed by atoms with E-state index in [9.17, 15) is 18.0 Å². The van der Waals surface area contributed by atoms with Crippen LogP contribution in [0.2, 0.25) is 0 Å². The van der Waals surface area contributed by atoms with E-state index in [2.05, 4.69) is 14.9 Å². The molecule has 0 fully saturated rings. The Morgan fingerprint density at radius 1 is 1.40 bits per heavy atom. The minimum Gasteiger partial charge on any atom is -0.480 e. The minimum atomic E-state index is -3.81. The lowest BCUT2D eigenvalue weighted by atomic mass is 9.95. The first-order valence-corrected chi connectivity index (χ1v) is 8.90. The average molecular weight is 367 g/mol. The molecule has 1 aromatic rings. The zero-order chi connectivity index (χ0) is 18.9. The van der Waals surface area contributed by atoms with E-state index < -0.39 is 22.0 Å². The Labute approximate surface area is 147 Å². The van der Waals surface area contributed by atoms with E-state index in [1.165, 1.54) is 12.1 Å². The number of guanidine groups is 1. The second-order valence-corrected chi connectivity index (χ2v) is 6.87. The molecule has 25 heavy (non-hydrogen) atoms. The highest BCUT2D eigenvalue weighted by Crippen LogP contribution is 2.09. The number of carboxylic acids is 1. The first-order chi connectivity index (χ1) is 11.8. The molecule has 0 saturated carbocycles. The molecule has 0 aliphatic carbocycles. The van der Waals surface area contributed by atoms with Gasteiger partial charge in [0.05, 0.1) is 17.1 Å². The lowest BCUT2D eigenvalue weighted by Crippen LogP contribution is -2.40. The molecule has 0 aromatic heterocycles. The fraction of sp³-hybridized carbons (Fsp3) is 0.357. The van der Waals surface area contributed by atoms with Crippen molar-refractivity contribution < 1.29 is 23.1 Å². The predicted octanol–water partition coefficient (Wildman–Crippen LogP) is -0.780. The van der Waals surface area contributed by atoms with E-state index in [1.54, 1.807) is 12.1 Å². The first-order valence-electron chi connectivity index (χ1n) is 7.41. The van der Waals surface area contributed by atoms with Gasteiger partial charge in [-0.15, -0.1) is 0 Å². The number of nitrogens with one attached hydrogen (secondary N) is 2. The van der Waals surface area contributed by atoms with E-state index in [0.29, 0.717) is 12.6 Å². The number of hydrogen-bond donors (Lipinski definition) is 4. The summed E-state index contributed by atoms with van der Waals surface area (Å²) in [5.41, 5.74) is 6.48. The smallest absolute Gasteiger partial charge is 0.319 e. The van der Waals surface area contributed by atoms with Crippen LogP contribution in [0, 0.1) is 6.92 Å². The highest BCUT2D eigenvalue weighted by Gasteiger charge is 2.16. The molecule has 0 spiro atoms.